The summed E-state index contributed by atoms with van der Waals surface area (Å²) in [5.41, 5.74) is 6.87. The molecular formula is C10H10ClN3O2. The topological polar surface area (TPSA) is 75.4 Å². The lowest BCUT2D eigenvalue weighted by atomic mass is 10.2. The molecule has 1 fully saturated rings. The van der Waals surface area contributed by atoms with Crippen molar-refractivity contribution in [2.45, 2.75) is 0 Å². The molecule has 1 aliphatic heterocycles. The lowest BCUT2D eigenvalue weighted by Crippen LogP contribution is -2.51. The molecule has 1 saturated heterocycles. The van der Waals surface area contributed by atoms with E-state index in [2.05, 4.69) is 5.32 Å². The summed E-state index contributed by atoms with van der Waals surface area (Å²) in [6.45, 7) is 0.245. The number of carbonyl (C=O) groups excluding carboxylic acids is 2. The molecule has 84 valence electrons. The first-order valence-electron chi connectivity index (χ1n) is 4.69. The van der Waals surface area contributed by atoms with Crippen molar-refractivity contribution in [3.05, 3.63) is 23.2 Å². The third-order valence-corrected chi connectivity index (χ3v) is 2.51. The molecule has 1 heterocycles. The van der Waals surface area contributed by atoms with Crippen molar-refractivity contribution in [1.82, 2.24) is 5.32 Å². The normalized spacial score (nSPS) is 16.2. The number of carbonyl (C=O) groups is 2. The zero-order valence-corrected chi connectivity index (χ0v) is 9.12. The first kappa shape index (κ1) is 10.8. The van der Waals surface area contributed by atoms with Crippen LogP contribution >= 0.6 is 11.6 Å². The Balaban J connectivity index is 2.29. The molecule has 2 rings (SSSR count). The van der Waals surface area contributed by atoms with Crippen LogP contribution in [0.15, 0.2) is 18.2 Å². The molecule has 6 heteroatoms. The molecule has 0 radical (unpaired) electrons. The fourth-order valence-corrected chi connectivity index (χ4v) is 1.80. The molecule has 1 aromatic rings. The van der Waals surface area contributed by atoms with Gasteiger partial charge in [-0.2, -0.15) is 0 Å². The largest absolute Gasteiger partial charge is 0.397 e. The van der Waals surface area contributed by atoms with E-state index in [-0.39, 0.29) is 24.9 Å². The fourth-order valence-electron chi connectivity index (χ4n) is 1.62. The fraction of sp³-hybridized carbons (Fsp3) is 0.200. The zero-order valence-electron chi connectivity index (χ0n) is 8.37. The van der Waals surface area contributed by atoms with Gasteiger partial charge in [-0.3, -0.25) is 14.9 Å². The number of hydrogen-bond donors (Lipinski definition) is 2. The molecule has 16 heavy (non-hydrogen) atoms. The summed E-state index contributed by atoms with van der Waals surface area (Å²) in [6.07, 6.45) is 0. The highest BCUT2D eigenvalue weighted by molar-refractivity contribution is 6.31. The number of benzene rings is 1. The van der Waals surface area contributed by atoms with Crippen LogP contribution in [0, 0.1) is 0 Å². The van der Waals surface area contributed by atoms with E-state index < -0.39 is 0 Å². The minimum atomic E-state index is -0.328. The Morgan fingerprint density at radius 3 is 2.44 bits per heavy atom. The van der Waals surface area contributed by atoms with Gasteiger partial charge in [0.25, 0.3) is 0 Å². The van der Waals surface area contributed by atoms with E-state index in [4.69, 9.17) is 17.3 Å². The van der Waals surface area contributed by atoms with Crippen molar-refractivity contribution in [3.63, 3.8) is 0 Å². The van der Waals surface area contributed by atoms with Gasteiger partial charge in [0.1, 0.15) is 0 Å². The number of nitrogens with zero attached hydrogens (tertiary/aromatic N) is 1. The van der Waals surface area contributed by atoms with Crippen LogP contribution < -0.4 is 16.0 Å². The second-order valence-electron chi connectivity index (χ2n) is 3.53. The van der Waals surface area contributed by atoms with E-state index in [0.717, 1.165) is 0 Å². The number of hydrogen-bond acceptors (Lipinski definition) is 4. The number of nitrogens with one attached hydrogen (secondary N) is 1. The van der Waals surface area contributed by atoms with Crippen LogP contribution in [0.2, 0.25) is 5.02 Å². The highest BCUT2D eigenvalue weighted by Gasteiger charge is 2.23. The second kappa shape index (κ2) is 4.02. The standard InChI is InChI=1S/C10H10ClN3O2/c11-6-1-2-8(7(12)3-6)14-4-9(15)13-10(16)5-14/h1-3H,4-5,12H2,(H,13,15,16). The minimum Gasteiger partial charge on any atom is -0.397 e. The van der Waals surface area contributed by atoms with Gasteiger partial charge in [0.2, 0.25) is 11.8 Å². The van der Waals surface area contributed by atoms with Gasteiger partial charge >= 0.3 is 0 Å². The summed E-state index contributed by atoms with van der Waals surface area (Å²) < 4.78 is 0. The third kappa shape index (κ3) is 2.09. The molecule has 1 aromatic carbocycles. The number of amides is 2. The average molecular weight is 240 g/mol. The average Bonchev–Trinajstić information content (AvgIpc) is 2.15. The van der Waals surface area contributed by atoms with Gasteiger partial charge in [-0.1, -0.05) is 11.6 Å². The van der Waals surface area contributed by atoms with Gasteiger partial charge in [-0.15, -0.1) is 0 Å². The van der Waals surface area contributed by atoms with E-state index in [1.54, 1.807) is 23.1 Å². The molecule has 0 unspecified atom stereocenters. The number of halogens is 1. The first-order chi connectivity index (χ1) is 7.56. The predicted octanol–water partition coefficient (Wildman–Crippen LogP) is 0.385. The number of nitrogen functional groups attached to an aromatic ring is 1. The van der Waals surface area contributed by atoms with E-state index in [1.165, 1.54) is 0 Å². The highest BCUT2D eigenvalue weighted by Crippen LogP contribution is 2.26. The van der Waals surface area contributed by atoms with Crippen LogP contribution in [-0.4, -0.2) is 24.9 Å². The zero-order chi connectivity index (χ0) is 11.7. The summed E-state index contributed by atoms with van der Waals surface area (Å²) in [5, 5.41) is 2.75. The minimum absolute atomic E-state index is 0.123. The molecule has 0 saturated carbocycles. The van der Waals surface area contributed by atoms with Crippen LogP contribution in [0.25, 0.3) is 0 Å². The molecule has 0 bridgehead atoms. The predicted molar refractivity (Wildman–Crippen MR) is 61.2 cm³/mol. The summed E-state index contributed by atoms with van der Waals surface area (Å²) in [4.78, 5) is 24.0. The molecule has 5 nitrogen and oxygen atoms in total. The SMILES string of the molecule is Nc1cc(Cl)ccc1N1CC(=O)NC(=O)C1. The van der Waals surface area contributed by atoms with Crippen LogP contribution in [0.3, 0.4) is 0 Å². The number of imide groups is 1. The van der Waals surface area contributed by atoms with Gasteiger partial charge in [-0.05, 0) is 18.2 Å². The molecule has 1 aliphatic rings. The molecule has 0 spiro atoms. The summed E-state index contributed by atoms with van der Waals surface area (Å²) in [6, 6.07) is 4.96. The van der Waals surface area contributed by atoms with E-state index in [0.29, 0.717) is 16.4 Å². The van der Waals surface area contributed by atoms with Crippen molar-refractivity contribution >= 4 is 34.8 Å². The van der Waals surface area contributed by atoms with Gasteiger partial charge in [0, 0.05) is 5.02 Å². The molecule has 0 atom stereocenters. The van der Waals surface area contributed by atoms with Crippen molar-refractivity contribution in [3.8, 4) is 0 Å². The maximum absolute atomic E-state index is 11.2. The molecule has 0 aromatic heterocycles. The Kier molecular flexibility index (Phi) is 2.70. The van der Waals surface area contributed by atoms with Crippen molar-refractivity contribution < 1.29 is 9.59 Å². The van der Waals surface area contributed by atoms with Gasteiger partial charge in [0.05, 0.1) is 24.5 Å². The number of rotatable bonds is 1. The summed E-state index contributed by atoms with van der Waals surface area (Å²) >= 11 is 5.77. The summed E-state index contributed by atoms with van der Waals surface area (Å²) in [5.74, 6) is -0.656. The molecular weight excluding hydrogens is 230 g/mol. The van der Waals surface area contributed by atoms with Gasteiger partial charge < -0.3 is 10.6 Å². The third-order valence-electron chi connectivity index (χ3n) is 2.28. The number of piperazine rings is 1. The quantitative estimate of drug-likeness (QED) is 0.549. The van der Waals surface area contributed by atoms with Crippen molar-refractivity contribution in [2.75, 3.05) is 23.7 Å². The van der Waals surface area contributed by atoms with Crippen LogP contribution in [-0.2, 0) is 9.59 Å². The van der Waals surface area contributed by atoms with Crippen LogP contribution in [0.1, 0.15) is 0 Å². The second-order valence-corrected chi connectivity index (χ2v) is 3.97. The molecule has 2 amide bonds. The lowest BCUT2D eigenvalue weighted by Gasteiger charge is -2.28. The monoisotopic (exact) mass is 239 g/mol. The molecule has 0 aliphatic carbocycles. The Hall–Kier alpha value is -1.75. The maximum Gasteiger partial charge on any atom is 0.246 e. The Bertz CT molecular complexity index is 445. The van der Waals surface area contributed by atoms with Crippen molar-refractivity contribution in [1.29, 1.82) is 0 Å². The first-order valence-corrected chi connectivity index (χ1v) is 5.07. The Morgan fingerprint density at radius 1 is 1.25 bits per heavy atom. The Labute approximate surface area is 97.2 Å². The Morgan fingerprint density at radius 2 is 1.88 bits per heavy atom. The molecule has 3 N–H and O–H groups in total. The smallest absolute Gasteiger partial charge is 0.246 e. The van der Waals surface area contributed by atoms with E-state index in [1.807, 2.05) is 0 Å². The van der Waals surface area contributed by atoms with Crippen LogP contribution in [0.5, 0.6) is 0 Å². The maximum atomic E-state index is 11.2. The van der Waals surface area contributed by atoms with E-state index in [9.17, 15) is 9.59 Å². The number of nitrogens with two attached hydrogens (primary N) is 1. The van der Waals surface area contributed by atoms with Gasteiger partial charge in [-0.25, -0.2) is 0 Å². The van der Waals surface area contributed by atoms with Crippen molar-refractivity contribution in [2.24, 2.45) is 0 Å². The van der Waals surface area contributed by atoms with E-state index >= 15 is 0 Å². The van der Waals surface area contributed by atoms with Gasteiger partial charge in [0.15, 0.2) is 0 Å². The number of anilines is 2. The lowest BCUT2D eigenvalue weighted by molar-refractivity contribution is -0.130. The highest BCUT2D eigenvalue weighted by atomic mass is 35.5. The summed E-state index contributed by atoms with van der Waals surface area (Å²) in [7, 11) is 0. The van der Waals surface area contributed by atoms with Crippen LogP contribution in [0.4, 0.5) is 11.4 Å².